The molecular formula is C10H12N2O2S. The minimum Gasteiger partial charge on any atom is -0.481 e. The Morgan fingerprint density at radius 2 is 2.53 bits per heavy atom. The van der Waals surface area contributed by atoms with E-state index in [0.717, 1.165) is 17.9 Å². The van der Waals surface area contributed by atoms with Gasteiger partial charge in [-0.15, -0.1) is 0 Å². The van der Waals surface area contributed by atoms with Crippen molar-refractivity contribution in [3.8, 4) is 0 Å². The molecule has 0 aliphatic carbocycles. The minimum atomic E-state index is -0.704. The first-order valence-electron chi connectivity index (χ1n) is 4.80. The molecule has 1 atom stereocenters. The number of anilines is 1. The second kappa shape index (κ2) is 4.53. The van der Waals surface area contributed by atoms with Crippen LogP contribution in [0, 0.1) is 5.92 Å². The van der Waals surface area contributed by atoms with Gasteiger partial charge < -0.3 is 9.41 Å². The summed E-state index contributed by atoms with van der Waals surface area (Å²) in [6.07, 6.45) is 4.22. The largest absolute Gasteiger partial charge is 0.481 e. The van der Waals surface area contributed by atoms with Gasteiger partial charge in [0.15, 0.2) is 0 Å². The molecule has 15 heavy (non-hydrogen) atoms. The van der Waals surface area contributed by atoms with E-state index in [1.807, 2.05) is 16.4 Å². The number of nitrogens with zero attached hydrogens (tertiary/aromatic N) is 2. The molecule has 5 heteroatoms. The van der Waals surface area contributed by atoms with Crippen molar-refractivity contribution in [2.75, 3.05) is 16.6 Å². The molecule has 1 unspecified atom stereocenters. The number of carboxylic acids is 1. The van der Waals surface area contributed by atoms with Crippen LogP contribution in [0.3, 0.4) is 0 Å². The van der Waals surface area contributed by atoms with Crippen LogP contribution in [0.15, 0.2) is 24.5 Å². The summed E-state index contributed by atoms with van der Waals surface area (Å²) in [5.74, 6) is -0.109. The fourth-order valence-corrected chi connectivity index (χ4v) is 2.68. The van der Waals surface area contributed by atoms with Crippen molar-refractivity contribution in [2.45, 2.75) is 6.42 Å². The molecule has 1 fully saturated rings. The van der Waals surface area contributed by atoms with Crippen LogP contribution >= 0.6 is 11.9 Å². The van der Waals surface area contributed by atoms with Crippen molar-refractivity contribution < 1.29 is 9.90 Å². The molecule has 4 nitrogen and oxygen atoms in total. The summed E-state index contributed by atoms with van der Waals surface area (Å²) in [5, 5.41) is 8.95. The van der Waals surface area contributed by atoms with Crippen molar-refractivity contribution >= 4 is 23.6 Å². The monoisotopic (exact) mass is 224 g/mol. The van der Waals surface area contributed by atoms with Crippen LogP contribution in [0.2, 0.25) is 0 Å². The normalized spacial score (nSPS) is 21.3. The predicted octanol–water partition coefficient (Wildman–Crippen LogP) is 1.64. The van der Waals surface area contributed by atoms with Crippen LogP contribution < -0.4 is 4.31 Å². The number of carbonyl (C=O) groups is 1. The van der Waals surface area contributed by atoms with Gasteiger partial charge in [-0.3, -0.25) is 9.78 Å². The highest BCUT2D eigenvalue weighted by atomic mass is 32.2. The third-order valence-corrected chi connectivity index (χ3v) is 3.47. The van der Waals surface area contributed by atoms with E-state index in [-0.39, 0.29) is 5.92 Å². The van der Waals surface area contributed by atoms with Crippen LogP contribution in [0.5, 0.6) is 0 Å². The average Bonchev–Trinajstić information content (AvgIpc) is 2.30. The van der Waals surface area contributed by atoms with Gasteiger partial charge in [0.05, 0.1) is 17.8 Å². The molecule has 2 rings (SSSR count). The quantitative estimate of drug-likeness (QED) is 0.774. The highest BCUT2D eigenvalue weighted by Gasteiger charge is 2.26. The molecule has 80 valence electrons. The van der Waals surface area contributed by atoms with Gasteiger partial charge in [0, 0.05) is 18.5 Å². The lowest BCUT2D eigenvalue weighted by molar-refractivity contribution is -0.141. The lowest BCUT2D eigenvalue weighted by Gasteiger charge is -2.30. The van der Waals surface area contributed by atoms with Gasteiger partial charge in [-0.1, -0.05) is 0 Å². The first-order valence-corrected chi connectivity index (χ1v) is 5.75. The lowest BCUT2D eigenvalue weighted by Crippen LogP contribution is -2.33. The van der Waals surface area contributed by atoms with Gasteiger partial charge in [-0.05, 0) is 30.5 Å². The van der Waals surface area contributed by atoms with Crippen LogP contribution in [-0.2, 0) is 4.79 Å². The minimum absolute atomic E-state index is 0.258. The summed E-state index contributed by atoms with van der Waals surface area (Å²) < 4.78 is 2.01. The summed E-state index contributed by atoms with van der Waals surface area (Å²) in [5.41, 5.74) is 0.980. The van der Waals surface area contributed by atoms with E-state index in [2.05, 4.69) is 4.98 Å². The smallest absolute Gasteiger partial charge is 0.308 e. The summed E-state index contributed by atoms with van der Waals surface area (Å²) >= 11 is 1.67. The number of aromatic nitrogens is 1. The maximum Gasteiger partial charge on any atom is 0.308 e. The van der Waals surface area contributed by atoms with Gasteiger partial charge in [-0.25, -0.2) is 0 Å². The molecule has 1 aliphatic rings. The van der Waals surface area contributed by atoms with Gasteiger partial charge in [-0.2, -0.15) is 0 Å². The zero-order valence-electron chi connectivity index (χ0n) is 8.17. The first-order chi connectivity index (χ1) is 7.27. The van der Waals surface area contributed by atoms with E-state index < -0.39 is 5.97 Å². The second-order valence-electron chi connectivity index (χ2n) is 3.43. The van der Waals surface area contributed by atoms with E-state index in [1.54, 1.807) is 24.3 Å². The third-order valence-electron chi connectivity index (χ3n) is 2.38. The standard InChI is InChI=1S/C10H12N2O2S/c13-10(14)8-3-5-15-12(7-8)9-2-1-4-11-6-9/h1-2,4,6,8H,3,5,7H2,(H,13,14). The van der Waals surface area contributed by atoms with Gasteiger partial charge in [0.1, 0.15) is 0 Å². The predicted molar refractivity (Wildman–Crippen MR) is 59.8 cm³/mol. The molecule has 2 heterocycles. The number of pyridine rings is 1. The van der Waals surface area contributed by atoms with E-state index in [9.17, 15) is 4.79 Å². The zero-order valence-corrected chi connectivity index (χ0v) is 8.98. The fourth-order valence-electron chi connectivity index (χ4n) is 1.53. The van der Waals surface area contributed by atoms with E-state index >= 15 is 0 Å². The van der Waals surface area contributed by atoms with E-state index in [0.29, 0.717) is 6.54 Å². The zero-order chi connectivity index (χ0) is 10.7. The Morgan fingerprint density at radius 3 is 3.20 bits per heavy atom. The molecule has 1 saturated heterocycles. The molecule has 0 spiro atoms. The number of carboxylic acid groups (broad SMARTS) is 1. The van der Waals surface area contributed by atoms with Crippen molar-refractivity contribution in [1.29, 1.82) is 0 Å². The van der Waals surface area contributed by atoms with Crippen molar-refractivity contribution in [1.82, 2.24) is 4.98 Å². The van der Waals surface area contributed by atoms with Crippen LogP contribution in [0.1, 0.15) is 6.42 Å². The Bertz CT molecular complexity index is 345. The molecule has 0 amide bonds. The number of hydrogen-bond acceptors (Lipinski definition) is 4. The van der Waals surface area contributed by atoms with Gasteiger partial charge in [0.25, 0.3) is 0 Å². The Balaban J connectivity index is 2.08. The summed E-state index contributed by atoms with van der Waals surface area (Å²) in [4.78, 5) is 14.9. The maximum atomic E-state index is 10.9. The number of rotatable bonds is 2. The lowest BCUT2D eigenvalue weighted by atomic mass is 10.1. The average molecular weight is 224 g/mol. The van der Waals surface area contributed by atoms with Crippen LogP contribution in [0.4, 0.5) is 5.69 Å². The summed E-state index contributed by atoms with van der Waals surface area (Å²) in [7, 11) is 0. The van der Waals surface area contributed by atoms with Crippen LogP contribution in [0.25, 0.3) is 0 Å². The van der Waals surface area contributed by atoms with Crippen molar-refractivity contribution in [3.63, 3.8) is 0 Å². The molecule has 1 aromatic heterocycles. The molecule has 0 bridgehead atoms. The molecular weight excluding hydrogens is 212 g/mol. The molecule has 0 aromatic carbocycles. The summed E-state index contributed by atoms with van der Waals surface area (Å²) in [6, 6.07) is 3.81. The molecule has 0 saturated carbocycles. The van der Waals surface area contributed by atoms with Gasteiger partial charge in [0.2, 0.25) is 0 Å². The number of hydrogen-bond donors (Lipinski definition) is 1. The molecule has 1 N–H and O–H groups in total. The van der Waals surface area contributed by atoms with Crippen molar-refractivity contribution in [2.24, 2.45) is 5.92 Å². The maximum absolute atomic E-state index is 10.9. The van der Waals surface area contributed by atoms with E-state index in [1.165, 1.54) is 0 Å². The second-order valence-corrected chi connectivity index (χ2v) is 4.54. The molecule has 1 aromatic rings. The van der Waals surface area contributed by atoms with Crippen molar-refractivity contribution in [3.05, 3.63) is 24.5 Å². The molecule has 0 radical (unpaired) electrons. The highest BCUT2D eigenvalue weighted by molar-refractivity contribution is 8.00. The van der Waals surface area contributed by atoms with Gasteiger partial charge >= 0.3 is 5.97 Å². The molecule has 1 aliphatic heterocycles. The SMILES string of the molecule is O=C(O)C1CCSN(c2cccnc2)C1. The third kappa shape index (κ3) is 2.41. The number of aliphatic carboxylic acids is 1. The Hall–Kier alpha value is -1.23. The van der Waals surface area contributed by atoms with E-state index in [4.69, 9.17) is 5.11 Å². The fraction of sp³-hybridized carbons (Fsp3) is 0.400. The highest BCUT2D eigenvalue weighted by Crippen LogP contribution is 2.29. The topological polar surface area (TPSA) is 53.4 Å². The Kier molecular flexibility index (Phi) is 3.11. The first kappa shape index (κ1) is 10.3. The Morgan fingerprint density at radius 1 is 1.67 bits per heavy atom. The Labute approximate surface area is 92.4 Å². The summed E-state index contributed by atoms with van der Waals surface area (Å²) in [6.45, 7) is 0.561. The van der Waals surface area contributed by atoms with Crippen LogP contribution in [-0.4, -0.2) is 28.4 Å².